The molecule has 4 rings (SSSR count). The standard InChI is InChI=1S/C17H19N5O3/c1-19-14-13(15(23)20(2)17(19)24)22-9-8-21(16(22)18-14)10-11-6-4-5-7-12(11)25-3/h4-7H,8-10H2,1-3H3. The summed E-state index contributed by atoms with van der Waals surface area (Å²) >= 11 is 0. The van der Waals surface area contributed by atoms with Crippen molar-refractivity contribution in [2.24, 2.45) is 14.1 Å². The molecule has 0 bridgehead atoms. The SMILES string of the molecule is COc1ccccc1CN1CCn2c1nc1c2c(=O)n(C)c(=O)n1C. The second-order valence-corrected chi connectivity index (χ2v) is 6.17. The molecule has 2 aromatic heterocycles. The summed E-state index contributed by atoms with van der Waals surface area (Å²) in [7, 11) is 4.78. The maximum absolute atomic E-state index is 12.5. The van der Waals surface area contributed by atoms with Crippen LogP contribution in [-0.2, 0) is 27.2 Å². The van der Waals surface area contributed by atoms with Gasteiger partial charge in [-0.3, -0.25) is 13.9 Å². The number of ether oxygens (including phenoxy) is 1. The van der Waals surface area contributed by atoms with Gasteiger partial charge in [-0.25, -0.2) is 4.79 Å². The summed E-state index contributed by atoms with van der Waals surface area (Å²) < 4.78 is 9.86. The molecule has 130 valence electrons. The fourth-order valence-corrected chi connectivity index (χ4v) is 3.40. The Kier molecular flexibility index (Phi) is 3.41. The first-order chi connectivity index (χ1) is 12.0. The Morgan fingerprint density at radius 1 is 1.12 bits per heavy atom. The molecule has 1 aliphatic rings. The van der Waals surface area contributed by atoms with Crippen LogP contribution in [0.15, 0.2) is 33.9 Å². The third-order valence-corrected chi connectivity index (χ3v) is 4.76. The molecule has 0 aliphatic carbocycles. The number of hydrogen-bond acceptors (Lipinski definition) is 5. The van der Waals surface area contributed by atoms with Gasteiger partial charge in [0.05, 0.1) is 7.11 Å². The van der Waals surface area contributed by atoms with Crippen molar-refractivity contribution in [2.75, 3.05) is 18.6 Å². The van der Waals surface area contributed by atoms with E-state index in [0.717, 1.165) is 22.4 Å². The Morgan fingerprint density at radius 3 is 2.64 bits per heavy atom. The Hall–Kier alpha value is -3.03. The molecule has 0 atom stereocenters. The number of anilines is 1. The topological polar surface area (TPSA) is 74.3 Å². The minimum Gasteiger partial charge on any atom is -0.496 e. The number of nitrogens with zero attached hydrogens (tertiary/aromatic N) is 5. The van der Waals surface area contributed by atoms with E-state index in [1.165, 1.54) is 11.6 Å². The maximum atomic E-state index is 12.5. The number of aryl methyl sites for hydroxylation is 1. The van der Waals surface area contributed by atoms with Crippen molar-refractivity contribution in [3.63, 3.8) is 0 Å². The fraction of sp³-hybridized carbons (Fsp3) is 0.353. The predicted octanol–water partition coefficient (Wildman–Crippen LogP) is 0.462. The van der Waals surface area contributed by atoms with E-state index in [1.54, 1.807) is 14.2 Å². The lowest BCUT2D eigenvalue weighted by atomic mass is 10.2. The molecular formula is C17H19N5O3. The van der Waals surface area contributed by atoms with Crippen molar-refractivity contribution >= 4 is 17.1 Å². The molecule has 0 amide bonds. The summed E-state index contributed by atoms with van der Waals surface area (Å²) in [5.41, 5.74) is 1.27. The van der Waals surface area contributed by atoms with Gasteiger partial charge >= 0.3 is 5.69 Å². The Bertz CT molecular complexity index is 1090. The van der Waals surface area contributed by atoms with Gasteiger partial charge < -0.3 is 14.2 Å². The number of para-hydroxylation sites is 1. The summed E-state index contributed by atoms with van der Waals surface area (Å²) in [4.78, 5) is 31.4. The molecule has 1 aromatic carbocycles. The average Bonchev–Trinajstić information content (AvgIpc) is 3.18. The van der Waals surface area contributed by atoms with E-state index < -0.39 is 0 Å². The molecule has 25 heavy (non-hydrogen) atoms. The zero-order valence-electron chi connectivity index (χ0n) is 14.4. The van der Waals surface area contributed by atoms with Gasteiger partial charge in [0.25, 0.3) is 5.56 Å². The van der Waals surface area contributed by atoms with E-state index in [0.29, 0.717) is 30.2 Å². The van der Waals surface area contributed by atoms with Crippen LogP contribution in [0, 0.1) is 0 Å². The molecule has 8 nitrogen and oxygen atoms in total. The van der Waals surface area contributed by atoms with Gasteiger partial charge in [-0.05, 0) is 6.07 Å². The third kappa shape index (κ3) is 2.17. The monoisotopic (exact) mass is 341 g/mol. The van der Waals surface area contributed by atoms with Gasteiger partial charge in [0.15, 0.2) is 11.2 Å². The van der Waals surface area contributed by atoms with E-state index >= 15 is 0 Å². The first-order valence-corrected chi connectivity index (χ1v) is 8.06. The zero-order valence-corrected chi connectivity index (χ0v) is 14.4. The summed E-state index contributed by atoms with van der Waals surface area (Å²) in [6.07, 6.45) is 0. The molecule has 8 heteroatoms. The molecule has 0 unspecified atom stereocenters. The largest absolute Gasteiger partial charge is 0.496 e. The van der Waals surface area contributed by atoms with Crippen LogP contribution in [0.4, 0.5) is 5.95 Å². The average molecular weight is 341 g/mol. The lowest BCUT2D eigenvalue weighted by Gasteiger charge is -2.17. The van der Waals surface area contributed by atoms with Gasteiger partial charge in [-0.1, -0.05) is 18.2 Å². The molecular weight excluding hydrogens is 322 g/mol. The third-order valence-electron chi connectivity index (χ3n) is 4.76. The highest BCUT2D eigenvalue weighted by atomic mass is 16.5. The molecule has 3 heterocycles. The lowest BCUT2D eigenvalue weighted by molar-refractivity contribution is 0.409. The summed E-state index contributed by atoms with van der Waals surface area (Å²) in [5.74, 6) is 1.53. The zero-order chi connectivity index (χ0) is 17.7. The molecule has 0 spiro atoms. The van der Waals surface area contributed by atoms with E-state index in [2.05, 4.69) is 9.88 Å². The fourth-order valence-electron chi connectivity index (χ4n) is 3.40. The summed E-state index contributed by atoms with van der Waals surface area (Å²) in [6, 6.07) is 7.84. The van der Waals surface area contributed by atoms with Gasteiger partial charge in [-0.2, -0.15) is 4.98 Å². The summed E-state index contributed by atoms with van der Waals surface area (Å²) in [5, 5.41) is 0. The van der Waals surface area contributed by atoms with Gasteiger partial charge in [0.2, 0.25) is 5.95 Å². The van der Waals surface area contributed by atoms with Gasteiger partial charge in [0, 0.05) is 39.3 Å². The minimum absolute atomic E-state index is 0.309. The van der Waals surface area contributed by atoms with Crippen LogP contribution >= 0.6 is 0 Å². The quantitative estimate of drug-likeness (QED) is 0.692. The number of fused-ring (bicyclic) bond motifs is 3. The Morgan fingerprint density at radius 2 is 1.88 bits per heavy atom. The van der Waals surface area contributed by atoms with Crippen LogP contribution in [0.3, 0.4) is 0 Å². The molecule has 1 aliphatic heterocycles. The number of hydrogen-bond donors (Lipinski definition) is 0. The number of aromatic nitrogens is 4. The summed E-state index contributed by atoms with van der Waals surface area (Å²) in [6.45, 7) is 2.04. The first-order valence-electron chi connectivity index (χ1n) is 8.06. The molecule has 0 saturated heterocycles. The number of imidazole rings is 1. The van der Waals surface area contributed by atoms with Gasteiger partial charge in [0.1, 0.15) is 5.75 Å². The first kappa shape index (κ1) is 15.5. The van der Waals surface area contributed by atoms with Crippen molar-refractivity contribution in [2.45, 2.75) is 13.1 Å². The van der Waals surface area contributed by atoms with Crippen LogP contribution in [-0.4, -0.2) is 32.3 Å². The molecule has 0 N–H and O–H groups in total. The van der Waals surface area contributed by atoms with Crippen LogP contribution in [0.5, 0.6) is 5.75 Å². The van der Waals surface area contributed by atoms with Crippen LogP contribution in [0.1, 0.15) is 5.56 Å². The van der Waals surface area contributed by atoms with Crippen molar-refractivity contribution in [3.05, 3.63) is 50.7 Å². The van der Waals surface area contributed by atoms with E-state index in [1.807, 2.05) is 28.8 Å². The second kappa shape index (κ2) is 5.51. The lowest BCUT2D eigenvalue weighted by Crippen LogP contribution is -2.37. The van der Waals surface area contributed by atoms with Crippen LogP contribution in [0.2, 0.25) is 0 Å². The molecule has 3 aromatic rings. The van der Waals surface area contributed by atoms with E-state index in [9.17, 15) is 9.59 Å². The van der Waals surface area contributed by atoms with E-state index in [4.69, 9.17) is 4.74 Å². The maximum Gasteiger partial charge on any atom is 0.332 e. The molecule has 0 fully saturated rings. The predicted molar refractivity (Wildman–Crippen MR) is 94.3 cm³/mol. The normalized spacial score (nSPS) is 13.5. The number of rotatable bonds is 3. The number of methoxy groups -OCH3 is 1. The van der Waals surface area contributed by atoms with Crippen LogP contribution < -0.4 is 20.9 Å². The van der Waals surface area contributed by atoms with Gasteiger partial charge in [-0.15, -0.1) is 0 Å². The van der Waals surface area contributed by atoms with Crippen molar-refractivity contribution in [1.82, 2.24) is 18.7 Å². The van der Waals surface area contributed by atoms with Crippen LogP contribution in [0.25, 0.3) is 11.2 Å². The Labute approximate surface area is 143 Å². The second-order valence-electron chi connectivity index (χ2n) is 6.17. The Balaban J connectivity index is 1.84. The molecule has 0 saturated carbocycles. The highest BCUT2D eigenvalue weighted by Gasteiger charge is 2.27. The van der Waals surface area contributed by atoms with Crippen molar-refractivity contribution < 1.29 is 4.74 Å². The van der Waals surface area contributed by atoms with Crippen molar-refractivity contribution in [3.8, 4) is 5.75 Å². The highest BCUT2D eigenvalue weighted by molar-refractivity contribution is 5.75. The van der Waals surface area contributed by atoms with Crippen molar-refractivity contribution in [1.29, 1.82) is 0 Å². The van der Waals surface area contributed by atoms with E-state index in [-0.39, 0.29) is 11.2 Å². The molecule has 0 radical (unpaired) electrons. The minimum atomic E-state index is -0.370. The smallest absolute Gasteiger partial charge is 0.332 e. The highest BCUT2D eigenvalue weighted by Crippen LogP contribution is 2.28. The number of benzene rings is 1.